The van der Waals surface area contributed by atoms with Gasteiger partial charge in [-0.15, -0.1) is 0 Å². The highest BCUT2D eigenvalue weighted by atomic mass is 35.5. The number of rotatable bonds is 4. The van der Waals surface area contributed by atoms with Gasteiger partial charge in [-0.2, -0.15) is 0 Å². The van der Waals surface area contributed by atoms with Crippen LogP contribution in [0.25, 0.3) is 28.2 Å². The Balaban J connectivity index is 1.72. The van der Waals surface area contributed by atoms with E-state index >= 15 is 4.39 Å². The summed E-state index contributed by atoms with van der Waals surface area (Å²) in [5.41, 5.74) is -0.219. The summed E-state index contributed by atoms with van der Waals surface area (Å²) in [5.74, 6) is -1.53. The first kappa shape index (κ1) is 28.4. The maximum Gasteiger partial charge on any atom is 0.285 e. The number of anilines is 2. The molecule has 4 aromatic rings. The molecule has 2 aliphatic heterocycles. The lowest BCUT2D eigenvalue weighted by Crippen LogP contribution is -2.66. The average molecular weight is 606 g/mol. The molecule has 0 aliphatic carbocycles. The molecule has 0 spiro atoms. The fourth-order valence-corrected chi connectivity index (χ4v) is 6.28. The summed E-state index contributed by atoms with van der Waals surface area (Å²) in [6.45, 7) is 9.61. The van der Waals surface area contributed by atoms with E-state index in [1.54, 1.807) is 27.9 Å². The lowest BCUT2D eigenvalue weighted by molar-refractivity contribution is -0.130. The van der Waals surface area contributed by atoms with Crippen LogP contribution in [0.5, 0.6) is 5.75 Å². The second-order valence-electron chi connectivity index (χ2n) is 11.0. The number of phenols is 1. The zero-order chi connectivity index (χ0) is 30.9. The van der Waals surface area contributed by atoms with Crippen LogP contribution in [0.3, 0.4) is 0 Å². The summed E-state index contributed by atoms with van der Waals surface area (Å²) in [5, 5.41) is 11.0. The summed E-state index contributed by atoms with van der Waals surface area (Å²) in [7, 11) is 1.52. The van der Waals surface area contributed by atoms with Gasteiger partial charge in [-0.3, -0.25) is 14.4 Å². The number of nitrogens with zero attached hydrogens (tertiary/aromatic N) is 7. The molecule has 1 aromatic carbocycles. The highest BCUT2D eigenvalue weighted by Crippen LogP contribution is 2.44. The van der Waals surface area contributed by atoms with E-state index in [-0.39, 0.29) is 76.3 Å². The minimum absolute atomic E-state index is 0.0251. The second-order valence-corrected chi connectivity index (χ2v) is 11.4. The van der Waals surface area contributed by atoms with Crippen LogP contribution >= 0.6 is 11.6 Å². The van der Waals surface area contributed by atoms with Crippen molar-refractivity contribution in [2.75, 3.05) is 29.9 Å². The summed E-state index contributed by atoms with van der Waals surface area (Å²) in [6.07, 6.45) is 4.49. The van der Waals surface area contributed by atoms with Crippen molar-refractivity contribution in [3.63, 3.8) is 0 Å². The Hall–Kier alpha value is -4.71. The van der Waals surface area contributed by atoms with Crippen molar-refractivity contribution < 1.29 is 19.1 Å². The number of carbonyl (C=O) groups excluding carboxylic acids is 2. The van der Waals surface area contributed by atoms with Crippen LogP contribution in [0.2, 0.25) is 5.02 Å². The summed E-state index contributed by atoms with van der Waals surface area (Å²) in [4.78, 5) is 54.8. The predicted octanol–water partition coefficient (Wildman–Crippen LogP) is 3.90. The summed E-state index contributed by atoms with van der Waals surface area (Å²) in [6, 6.07) is 4.22. The first-order valence-electron chi connectivity index (χ1n) is 13.7. The molecule has 2 atom stereocenters. The van der Waals surface area contributed by atoms with Crippen molar-refractivity contribution in [2.45, 2.75) is 38.9 Å². The number of hydrogen-bond acceptors (Lipinski definition) is 7. The van der Waals surface area contributed by atoms with Gasteiger partial charge in [0.05, 0.1) is 28.5 Å². The normalized spacial score (nSPS) is 18.3. The third-order valence-electron chi connectivity index (χ3n) is 8.12. The molecule has 43 heavy (non-hydrogen) atoms. The number of hydrogen-bond donors (Lipinski definition) is 1. The summed E-state index contributed by atoms with van der Waals surface area (Å²) >= 11 is 6.76. The van der Waals surface area contributed by atoms with Crippen LogP contribution in [0.15, 0.2) is 54.1 Å². The fraction of sp³-hybridized carbons (Fsp3) is 0.300. The van der Waals surface area contributed by atoms with Gasteiger partial charge in [-0.1, -0.05) is 24.2 Å². The Morgan fingerprint density at radius 1 is 1.23 bits per heavy atom. The van der Waals surface area contributed by atoms with Crippen LogP contribution in [0, 0.1) is 5.82 Å². The van der Waals surface area contributed by atoms with Gasteiger partial charge in [-0.05, 0) is 45.0 Å². The van der Waals surface area contributed by atoms with Crippen molar-refractivity contribution in [2.24, 2.45) is 0 Å². The molecule has 0 bridgehead atoms. The Kier molecular flexibility index (Phi) is 6.76. The molecule has 2 amide bonds. The highest BCUT2D eigenvalue weighted by molar-refractivity contribution is 6.34. The minimum atomic E-state index is -0.789. The zero-order valence-corrected chi connectivity index (χ0v) is 24.7. The predicted molar refractivity (Wildman–Crippen MR) is 161 cm³/mol. The van der Waals surface area contributed by atoms with E-state index in [1.807, 2.05) is 25.7 Å². The van der Waals surface area contributed by atoms with Gasteiger partial charge >= 0.3 is 0 Å². The Labute approximate surface area is 251 Å². The Morgan fingerprint density at radius 3 is 2.65 bits per heavy atom. The number of pyridine rings is 2. The van der Waals surface area contributed by atoms with Crippen molar-refractivity contribution in [3.8, 4) is 23.0 Å². The number of benzene rings is 1. The molecule has 1 saturated heterocycles. The topological polar surface area (TPSA) is 117 Å². The van der Waals surface area contributed by atoms with Crippen LogP contribution in [-0.4, -0.2) is 73.1 Å². The molecule has 11 nitrogen and oxygen atoms in total. The molecule has 2 aliphatic rings. The average Bonchev–Trinajstić information content (AvgIpc) is 3.45. The van der Waals surface area contributed by atoms with Crippen LogP contribution < -0.4 is 15.4 Å². The zero-order valence-electron chi connectivity index (χ0n) is 24.0. The van der Waals surface area contributed by atoms with Gasteiger partial charge in [0.1, 0.15) is 23.3 Å². The molecular weight excluding hydrogens is 577 g/mol. The molecule has 6 rings (SSSR count). The van der Waals surface area contributed by atoms with E-state index in [9.17, 15) is 19.5 Å². The van der Waals surface area contributed by atoms with Crippen molar-refractivity contribution >= 4 is 45.8 Å². The van der Waals surface area contributed by atoms with E-state index in [4.69, 9.17) is 16.6 Å². The third kappa shape index (κ3) is 4.19. The quantitative estimate of drug-likeness (QED) is 0.351. The number of imidazole rings is 1. The molecule has 5 heterocycles. The molecule has 222 valence electrons. The number of aromatic hydroxyl groups is 1. The van der Waals surface area contributed by atoms with Crippen molar-refractivity contribution in [1.29, 1.82) is 0 Å². The van der Waals surface area contributed by atoms with Crippen LogP contribution in [0.1, 0.15) is 26.8 Å². The van der Waals surface area contributed by atoms with Crippen LogP contribution in [0.4, 0.5) is 15.8 Å². The maximum absolute atomic E-state index is 15.1. The largest absolute Gasteiger partial charge is 0.507 e. The van der Waals surface area contributed by atoms with Gasteiger partial charge in [0.15, 0.2) is 5.65 Å². The molecule has 0 unspecified atom stereocenters. The third-order valence-corrected chi connectivity index (χ3v) is 8.41. The number of carbonyl (C=O) groups is 2. The van der Waals surface area contributed by atoms with Gasteiger partial charge in [0.25, 0.3) is 11.5 Å². The van der Waals surface area contributed by atoms with Crippen molar-refractivity contribution in [3.05, 3.63) is 70.5 Å². The Bertz CT molecular complexity index is 1880. The number of amides is 2. The fourth-order valence-electron chi connectivity index (χ4n) is 6.03. The first-order chi connectivity index (χ1) is 20.5. The van der Waals surface area contributed by atoms with E-state index in [1.165, 1.54) is 40.8 Å². The smallest absolute Gasteiger partial charge is 0.285 e. The summed E-state index contributed by atoms with van der Waals surface area (Å²) < 4.78 is 18.1. The lowest BCUT2D eigenvalue weighted by Gasteiger charge is -2.49. The van der Waals surface area contributed by atoms with Gasteiger partial charge in [-0.25, -0.2) is 18.9 Å². The van der Waals surface area contributed by atoms with Gasteiger partial charge < -0.3 is 24.4 Å². The number of halogens is 2. The van der Waals surface area contributed by atoms with E-state index in [2.05, 4.69) is 11.6 Å². The van der Waals surface area contributed by atoms with E-state index in [0.717, 1.165) is 0 Å². The molecule has 13 heteroatoms. The van der Waals surface area contributed by atoms with Gasteiger partial charge in [0.2, 0.25) is 11.9 Å². The number of fused-ring (bicyclic) bond motifs is 5. The number of likely N-dealkylation sites (N-methyl/N-ethyl adjacent to an activating group) is 1. The first-order valence-corrected chi connectivity index (χ1v) is 14.1. The van der Waals surface area contributed by atoms with Crippen LogP contribution in [-0.2, 0) is 9.59 Å². The SMILES string of the molecule is C=CC(=O)N1C[C@@H]2C(=O)N(C)c3c(c4cc(Cl)c(-c5c(O)cccc5F)nc4n(-c4nccn4C(C)C)c3=O)N2C[C@H]1C. The molecule has 1 N–H and O–H groups in total. The number of aromatic nitrogens is 4. The molecule has 0 saturated carbocycles. The Morgan fingerprint density at radius 2 is 1.98 bits per heavy atom. The molecule has 0 radical (unpaired) electrons. The maximum atomic E-state index is 15.1. The standard InChI is InChI=1S/C30H29ClFN7O4/c1-6-22(41)37-14-20-28(42)35(5)26-25(38(20)13-16(37)4)17-12-18(31)24(23-19(32)8-7-9-21(23)40)34-27(17)39(29(26)43)30-33-10-11-36(30)15(2)3/h6-12,15-16,20,40H,1,13-14H2,2-5H3/t16-,20-/m1/s1. The van der Waals surface area contributed by atoms with E-state index < -0.39 is 17.4 Å². The highest BCUT2D eigenvalue weighted by Gasteiger charge is 2.46. The number of piperazine rings is 1. The van der Waals surface area contributed by atoms with E-state index in [0.29, 0.717) is 11.1 Å². The second kappa shape index (κ2) is 10.2. The number of phenolic OH excluding ortho intramolecular Hbond substituents is 1. The molecular formula is C30H29ClFN7O4. The van der Waals surface area contributed by atoms with Gasteiger partial charge in [0, 0.05) is 43.5 Å². The van der Waals surface area contributed by atoms with Crippen molar-refractivity contribution in [1.82, 2.24) is 24.0 Å². The monoisotopic (exact) mass is 605 g/mol. The lowest BCUT2D eigenvalue weighted by atomic mass is 9.98. The molecule has 1 fully saturated rings. The molecule has 3 aromatic heterocycles. The minimum Gasteiger partial charge on any atom is -0.507 e.